The fourth-order valence-electron chi connectivity index (χ4n) is 3.67. The van der Waals surface area contributed by atoms with Gasteiger partial charge >= 0.3 is 0 Å². The molecule has 1 N–H and O–H groups in total. The third kappa shape index (κ3) is 3.57. The smallest absolute Gasteiger partial charge is 0.244 e. The first-order valence-corrected chi connectivity index (χ1v) is 8.80. The van der Waals surface area contributed by atoms with Crippen molar-refractivity contribution >= 4 is 5.91 Å². The van der Waals surface area contributed by atoms with E-state index in [9.17, 15) is 4.79 Å². The number of nitrogens with one attached hydrogen (secondary N) is 1. The molecule has 2 aromatic heterocycles. The summed E-state index contributed by atoms with van der Waals surface area (Å²) in [6.07, 6.45) is 9.20. The Hall–Kier alpha value is -2.25. The fraction of sp³-hybridized carbons (Fsp3) is 0.500. The number of hydrogen-bond donors (Lipinski definition) is 1. The third-order valence-electron chi connectivity index (χ3n) is 5.05. The van der Waals surface area contributed by atoms with Crippen molar-refractivity contribution in [2.45, 2.75) is 38.0 Å². The van der Waals surface area contributed by atoms with Crippen molar-refractivity contribution in [3.05, 3.63) is 48.3 Å². The van der Waals surface area contributed by atoms with Gasteiger partial charge in [0.2, 0.25) is 5.91 Å². The molecule has 0 aromatic carbocycles. The van der Waals surface area contributed by atoms with Crippen LogP contribution in [0.2, 0.25) is 0 Å². The van der Waals surface area contributed by atoms with Crippen LogP contribution in [0.4, 0.5) is 0 Å². The van der Waals surface area contributed by atoms with Crippen LogP contribution in [-0.4, -0.2) is 51.1 Å². The van der Waals surface area contributed by atoms with Gasteiger partial charge < -0.3 is 14.6 Å². The van der Waals surface area contributed by atoms with Crippen molar-refractivity contribution < 1.29 is 9.53 Å². The maximum atomic E-state index is 12.8. The van der Waals surface area contributed by atoms with Crippen LogP contribution in [0.15, 0.2) is 37.1 Å². The Morgan fingerprint density at radius 1 is 1.28 bits per heavy atom. The van der Waals surface area contributed by atoms with Gasteiger partial charge in [-0.05, 0) is 24.5 Å². The molecule has 1 unspecified atom stereocenters. The molecule has 1 fully saturated rings. The summed E-state index contributed by atoms with van der Waals surface area (Å²) in [6, 6.07) is 4.07. The molecule has 0 bridgehead atoms. The monoisotopic (exact) mass is 341 g/mol. The van der Waals surface area contributed by atoms with E-state index in [2.05, 4.69) is 20.2 Å². The number of amides is 1. The van der Waals surface area contributed by atoms with Crippen molar-refractivity contribution in [3.8, 4) is 0 Å². The summed E-state index contributed by atoms with van der Waals surface area (Å²) in [6.45, 7) is 3.66. The summed E-state index contributed by atoms with van der Waals surface area (Å²) >= 11 is 0. The highest BCUT2D eigenvalue weighted by Crippen LogP contribution is 2.26. The van der Waals surface area contributed by atoms with Crippen molar-refractivity contribution in [2.75, 3.05) is 19.8 Å². The van der Waals surface area contributed by atoms with Crippen molar-refractivity contribution in [3.63, 3.8) is 0 Å². The Morgan fingerprint density at radius 2 is 2.16 bits per heavy atom. The molecule has 7 heteroatoms. The highest BCUT2D eigenvalue weighted by atomic mass is 16.5. The van der Waals surface area contributed by atoms with Crippen LogP contribution in [0.25, 0.3) is 0 Å². The molecular formula is C18H23N5O2. The molecular weight excluding hydrogens is 318 g/mol. The minimum absolute atomic E-state index is 0.0277. The van der Waals surface area contributed by atoms with Crippen LogP contribution in [0.1, 0.15) is 30.1 Å². The van der Waals surface area contributed by atoms with Gasteiger partial charge in [-0.25, -0.2) is 4.98 Å². The zero-order chi connectivity index (χ0) is 17.1. The van der Waals surface area contributed by atoms with Crippen LogP contribution < -0.4 is 5.32 Å². The molecule has 7 nitrogen and oxygen atoms in total. The number of aromatic nitrogens is 3. The molecule has 4 heterocycles. The lowest BCUT2D eigenvalue weighted by Gasteiger charge is -2.40. The summed E-state index contributed by atoms with van der Waals surface area (Å²) in [5.74, 6) is 0.0277. The van der Waals surface area contributed by atoms with Crippen LogP contribution in [0.3, 0.4) is 0 Å². The van der Waals surface area contributed by atoms with Gasteiger partial charge in [-0.1, -0.05) is 6.07 Å². The van der Waals surface area contributed by atoms with Gasteiger partial charge in [0.15, 0.2) is 0 Å². The van der Waals surface area contributed by atoms with Crippen LogP contribution >= 0.6 is 0 Å². The molecule has 1 saturated heterocycles. The maximum absolute atomic E-state index is 12.8. The van der Waals surface area contributed by atoms with Gasteiger partial charge in [-0.15, -0.1) is 0 Å². The summed E-state index contributed by atoms with van der Waals surface area (Å²) in [4.78, 5) is 23.6. The summed E-state index contributed by atoms with van der Waals surface area (Å²) < 4.78 is 7.49. The number of fused-ring (bicyclic) bond motifs is 1. The van der Waals surface area contributed by atoms with Gasteiger partial charge in [0.05, 0.1) is 12.0 Å². The summed E-state index contributed by atoms with van der Waals surface area (Å²) in [5.41, 5.74) is 2.10. The number of ether oxygens (including phenoxy) is 1. The van der Waals surface area contributed by atoms with Crippen LogP contribution in [0, 0.1) is 0 Å². The van der Waals surface area contributed by atoms with Gasteiger partial charge in [0, 0.05) is 57.5 Å². The van der Waals surface area contributed by atoms with E-state index in [1.807, 2.05) is 22.9 Å². The number of pyridine rings is 1. The molecule has 2 aliphatic rings. The zero-order valence-corrected chi connectivity index (χ0v) is 14.2. The van der Waals surface area contributed by atoms with Gasteiger partial charge in [-0.2, -0.15) is 0 Å². The molecule has 2 aromatic rings. The van der Waals surface area contributed by atoms with Crippen LogP contribution in [0.5, 0.6) is 0 Å². The number of rotatable bonds is 4. The Balaban J connectivity index is 1.46. The van der Waals surface area contributed by atoms with E-state index in [0.717, 1.165) is 43.9 Å². The average Bonchev–Trinajstić information content (AvgIpc) is 3.15. The Bertz CT molecular complexity index is 711. The number of imidazole rings is 1. The fourth-order valence-corrected chi connectivity index (χ4v) is 3.67. The Labute approximate surface area is 147 Å². The van der Waals surface area contributed by atoms with Crippen molar-refractivity contribution in [1.82, 2.24) is 24.8 Å². The van der Waals surface area contributed by atoms with Crippen LogP contribution in [-0.2, 0) is 22.6 Å². The minimum atomic E-state index is -0.245. The predicted molar refractivity (Wildman–Crippen MR) is 91.6 cm³/mol. The Kier molecular flexibility index (Phi) is 4.76. The second-order valence-corrected chi connectivity index (χ2v) is 6.66. The summed E-state index contributed by atoms with van der Waals surface area (Å²) in [7, 11) is 0. The molecule has 4 rings (SSSR count). The van der Waals surface area contributed by atoms with E-state index in [1.54, 1.807) is 18.7 Å². The standard InChI is InChI=1S/C18H23N5O2/c24-18(21-9-14-2-1-5-19-8-14)17-12-22(15-3-6-25-7-4-15)11-16-10-20-13-23(16)17/h1-2,5,8,10,13,15,17H,3-4,6-7,9,11-12H2,(H,21,24). The van der Waals surface area contributed by atoms with E-state index in [0.29, 0.717) is 19.1 Å². The zero-order valence-electron chi connectivity index (χ0n) is 14.2. The van der Waals surface area contributed by atoms with E-state index >= 15 is 0 Å². The normalized spacial score (nSPS) is 21.7. The topological polar surface area (TPSA) is 72.3 Å². The second kappa shape index (κ2) is 7.33. The van der Waals surface area contributed by atoms with E-state index in [4.69, 9.17) is 4.74 Å². The maximum Gasteiger partial charge on any atom is 0.244 e. The molecule has 25 heavy (non-hydrogen) atoms. The molecule has 1 atom stereocenters. The van der Waals surface area contributed by atoms with Gasteiger partial charge in [-0.3, -0.25) is 14.7 Å². The predicted octanol–water partition coefficient (Wildman–Crippen LogP) is 1.13. The minimum Gasteiger partial charge on any atom is -0.381 e. The molecule has 0 aliphatic carbocycles. The first-order valence-electron chi connectivity index (χ1n) is 8.80. The number of carbonyl (C=O) groups excluding carboxylic acids is 1. The molecule has 0 radical (unpaired) electrons. The largest absolute Gasteiger partial charge is 0.381 e. The SMILES string of the molecule is O=C(NCc1cccnc1)C1CN(C2CCOCC2)Cc2cncn21. The molecule has 2 aliphatic heterocycles. The average molecular weight is 341 g/mol. The van der Waals surface area contributed by atoms with Crippen molar-refractivity contribution in [2.24, 2.45) is 0 Å². The van der Waals surface area contributed by atoms with E-state index in [1.165, 1.54) is 0 Å². The van der Waals surface area contributed by atoms with Crippen molar-refractivity contribution in [1.29, 1.82) is 0 Å². The number of hydrogen-bond acceptors (Lipinski definition) is 5. The van der Waals surface area contributed by atoms with E-state index in [-0.39, 0.29) is 11.9 Å². The number of nitrogens with zero attached hydrogens (tertiary/aromatic N) is 4. The third-order valence-corrected chi connectivity index (χ3v) is 5.05. The lowest BCUT2D eigenvalue weighted by Crippen LogP contribution is -2.49. The second-order valence-electron chi connectivity index (χ2n) is 6.66. The molecule has 0 spiro atoms. The van der Waals surface area contributed by atoms with Gasteiger partial charge in [0.25, 0.3) is 0 Å². The lowest BCUT2D eigenvalue weighted by molar-refractivity contribution is -0.126. The first-order chi connectivity index (χ1) is 12.3. The quantitative estimate of drug-likeness (QED) is 0.903. The van der Waals surface area contributed by atoms with Gasteiger partial charge in [0.1, 0.15) is 6.04 Å². The van der Waals surface area contributed by atoms with E-state index < -0.39 is 0 Å². The first kappa shape index (κ1) is 16.2. The molecule has 1 amide bonds. The summed E-state index contributed by atoms with van der Waals surface area (Å²) in [5, 5.41) is 3.04. The lowest BCUT2D eigenvalue weighted by atomic mass is 10.0. The number of carbonyl (C=O) groups is 1. The highest BCUT2D eigenvalue weighted by molar-refractivity contribution is 5.80. The Morgan fingerprint density at radius 3 is 2.96 bits per heavy atom. The molecule has 0 saturated carbocycles. The highest BCUT2D eigenvalue weighted by Gasteiger charge is 2.33. The molecule has 132 valence electrons.